The number of para-hydroxylation sites is 1. The fourth-order valence-corrected chi connectivity index (χ4v) is 5.31. The van der Waals surface area contributed by atoms with Gasteiger partial charge in [-0.05, 0) is 73.8 Å². The van der Waals surface area contributed by atoms with E-state index in [0.29, 0.717) is 47.5 Å². The number of ether oxygens (including phenoxy) is 3. The standard InChI is InChI=1S/C31H27NO6S/c1-3-36-23-16-17-24(25(19-23)37-4-2)29(33)27-28(26-11-8-18-39-26)32(31(35)30(27)34)20-12-14-22(15-13-20)38-21-9-6-5-7-10-21/h5-19,28,33H,3-4H2,1-2H3/b29-27-. The maximum Gasteiger partial charge on any atom is 0.300 e. The Hall–Kier alpha value is -4.56. The third-order valence-corrected chi connectivity index (χ3v) is 7.09. The Morgan fingerprint density at radius 2 is 1.54 bits per heavy atom. The summed E-state index contributed by atoms with van der Waals surface area (Å²) in [4.78, 5) is 29.1. The summed E-state index contributed by atoms with van der Waals surface area (Å²) >= 11 is 1.40. The minimum atomic E-state index is -0.813. The number of thiophene rings is 1. The Morgan fingerprint density at radius 1 is 0.846 bits per heavy atom. The second-order valence-electron chi connectivity index (χ2n) is 8.62. The van der Waals surface area contributed by atoms with Crippen LogP contribution in [0.3, 0.4) is 0 Å². The Bertz CT molecular complexity index is 1500. The van der Waals surface area contributed by atoms with Gasteiger partial charge in [-0.3, -0.25) is 14.5 Å². The summed E-state index contributed by atoms with van der Waals surface area (Å²) in [7, 11) is 0. The van der Waals surface area contributed by atoms with Crippen molar-refractivity contribution < 1.29 is 28.9 Å². The average molecular weight is 542 g/mol. The van der Waals surface area contributed by atoms with Crippen LogP contribution < -0.4 is 19.1 Å². The van der Waals surface area contributed by atoms with E-state index >= 15 is 0 Å². The van der Waals surface area contributed by atoms with Gasteiger partial charge in [-0.1, -0.05) is 24.3 Å². The van der Waals surface area contributed by atoms with Gasteiger partial charge in [0.05, 0.1) is 24.4 Å². The topological polar surface area (TPSA) is 85.3 Å². The molecule has 1 unspecified atom stereocenters. The van der Waals surface area contributed by atoms with E-state index in [1.54, 1.807) is 42.5 Å². The number of nitrogens with zero attached hydrogens (tertiary/aromatic N) is 1. The highest BCUT2D eigenvalue weighted by atomic mass is 32.1. The van der Waals surface area contributed by atoms with E-state index in [0.717, 1.165) is 4.88 Å². The highest BCUT2D eigenvalue weighted by Gasteiger charge is 2.47. The third-order valence-electron chi connectivity index (χ3n) is 6.17. The van der Waals surface area contributed by atoms with Gasteiger partial charge in [-0.2, -0.15) is 0 Å². The van der Waals surface area contributed by atoms with E-state index in [1.165, 1.54) is 16.2 Å². The number of hydrogen-bond acceptors (Lipinski definition) is 7. The van der Waals surface area contributed by atoms with Crippen molar-refractivity contribution in [3.8, 4) is 23.0 Å². The fraction of sp³-hybridized carbons (Fsp3) is 0.161. The highest BCUT2D eigenvalue weighted by Crippen LogP contribution is 2.45. The van der Waals surface area contributed by atoms with Crippen molar-refractivity contribution in [3.63, 3.8) is 0 Å². The quantitative estimate of drug-likeness (QED) is 0.140. The molecule has 0 aliphatic carbocycles. The van der Waals surface area contributed by atoms with Crippen molar-refractivity contribution >= 4 is 34.5 Å². The minimum Gasteiger partial charge on any atom is -0.507 e. The molecule has 0 spiro atoms. The molecular formula is C31H27NO6S. The number of benzene rings is 3. The zero-order valence-corrected chi connectivity index (χ0v) is 22.3. The van der Waals surface area contributed by atoms with Gasteiger partial charge < -0.3 is 19.3 Å². The second-order valence-corrected chi connectivity index (χ2v) is 9.60. The normalized spacial score (nSPS) is 16.4. The van der Waals surface area contributed by atoms with Gasteiger partial charge in [0.1, 0.15) is 34.8 Å². The van der Waals surface area contributed by atoms with E-state index < -0.39 is 17.7 Å². The maximum atomic E-state index is 13.5. The molecule has 39 heavy (non-hydrogen) atoms. The summed E-state index contributed by atoms with van der Waals surface area (Å²) in [6.07, 6.45) is 0. The van der Waals surface area contributed by atoms with Crippen LogP contribution in [0.15, 0.2) is 95.9 Å². The summed E-state index contributed by atoms with van der Waals surface area (Å²) in [5.41, 5.74) is 0.815. The van der Waals surface area contributed by atoms with Crippen LogP contribution >= 0.6 is 11.3 Å². The van der Waals surface area contributed by atoms with Crippen LogP contribution in [0.4, 0.5) is 5.69 Å². The molecule has 0 saturated carbocycles. The molecule has 0 bridgehead atoms. The van der Waals surface area contributed by atoms with Crippen LogP contribution in [0.1, 0.15) is 30.3 Å². The molecule has 1 amide bonds. The highest BCUT2D eigenvalue weighted by molar-refractivity contribution is 7.10. The summed E-state index contributed by atoms with van der Waals surface area (Å²) in [6.45, 7) is 4.51. The molecule has 4 aromatic rings. The van der Waals surface area contributed by atoms with E-state index in [1.807, 2.05) is 61.7 Å². The van der Waals surface area contributed by atoms with E-state index in [-0.39, 0.29) is 11.3 Å². The number of anilines is 1. The Balaban J connectivity index is 1.57. The first kappa shape index (κ1) is 26.1. The summed E-state index contributed by atoms with van der Waals surface area (Å²) < 4.78 is 17.2. The lowest BCUT2D eigenvalue weighted by Gasteiger charge is -2.24. The predicted molar refractivity (Wildman–Crippen MR) is 151 cm³/mol. The first-order valence-electron chi connectivity index (χ1n) is 12.6. The van der Waals surface area contributed by atoms with Crippen molar-refractivity contribution in [1.82, 2.24) is 0 Å². The Labute approximate surface area is 230 Å². The molecule has 1 aromatic heterocycles. The molecule has 1 N–H and O–H groups in total. The van der Waals surface area contributed by atoms with Crippen LogP contribution in [0.2, 0.25) is 0 Å². The Morgan fingerprint density at radius 3 is 2.21 bits per heavy atom. The van der Waals surface area contributed by atoms with Crippen molar-refractivity contribution in [1.29, 1.82) is 0 Å². The number of hydrogen-bond donors (Lipinski definition) is 1. The number of amides is 1. The van der Waals surface area contributed by atoms with Crippen molar-refractivity contribution in [2.75, 3.05) is 18.1 Å². The predicted octanol–water partition coefficient (Wildman–Crippen LogP) is 6.96. The SMILES string of the molecule is CCOc1ccc(/C(O)=C2/C(=O)C(=O)N(c3ccc(Oc4ccccc4)cc3)C2c2cccs2)c(OCC)c1. The van der Waals surface area contributed by atoms with Gasteiger partial charge in [-0.25, -0.2) is 0 Å². The first-order chi connectivity index (χ1) is 19.0. The fourth-order valence-electron chi connectivity index (χ4n) is 4.49. The molecule has 1 saturated heterocycles. The second kappa shape index (κ2) is 11.4. The molecule has 1 fully saturated rings. The number of rotatable bonds is 9. The van der Waals surface area contributed by atoms with Gasteiger partial charge in [0.15, 0.2) is 0 Å². The molecule has 1 aliphatic rings. The number of aliphatic hydroxyl groups excluding tert-OH is 1. The van der Waals surface area contributed by atoms with Gasteiger partial charge in [-0.15, -0.1) is 11.3 Å². The van der Waals surface area contributed by atoms with Crippen LogP contribution in [-0.4, -0.2) is 30.0 Å². The van der Waals surface area contributed by atoms with Gasteiger partial charge in [0.2, 0.25) is 0 Å². The lowest BCUT2D eigenvalue weighted by atomic mass is 9.99. The maximum absolute atomic E-state index is 13.5. The number of carbonyl (C=O) groups is 2. The molecule has 1 aliphatic heterocycles. The molecule has 5 rings (SSSR count). The smallest absolute Gasteiger partial charge is 0.300 e. The minimum absolute atomic E-state index is 0.00262. The number of aliphatic hydroxyl groups is 1. The van der Waals surface area contributed by atoms with Crippen molar-refractivity contribution in [2.24, 2.45) is 0 Å². The third kappa shape index (κ3) is 5.24. The molecule has 7 nitrogen and oxygen atoms in total. The number of carbonyl (C=O) groups excluding carboxylic acids is 2. The van der Waals surface area contributed by atoms with Crippen LogP contribution in [0, 0.1) is 0 Å². The summed E-state index contributed by atoms with van der Waals surface area (Å²) in [5, 5.41) is 13.4. The van der Waals surface area contributed by atoms with Crippen molar-refractivity contribution in [2.45, 2.75) is 19.9 Å². The summed E-state index contributed by atoms with van der Waals surface area (Å²) in [5.74, 6) is 0.409. The van der Waals surface area contributed by atoms with Crippen LogP contribution in [-0.2, 0) is 9.59 Å². The number of Topliss-reactive ketones (excluding diaryl/α,β-unsaturated/α-hetero) is 1. The monoisotopic (exact) mass is 541 g/mol. The zero-order chi connectivity index (χ0) is 27.4. The zero-order valence-electron chi connectivity index (χ0n) is 21.5. The van der Waals surface area contributed by atoms with Crippen LogP contribution in [0.5, 0.6) is 23.0 Å². The molecule has 8 heteroatoms. The molecule has 3 aromatic carbocycles. The van der Waals surface area contributed by atoms with Gasteiger partial charge in [0, 0.05) is 16.6 Å². The largest absolute Gasteiger partial charge is 0.507 e. The van der Waals surface area contributed by atoms with E-state index in [4.69, 9.17) is 14.2 Å². The average Bonchev–Trinajstić information content (AvgIpc) is 3.57. The van der Waals surface area contributed by atoms with E-state index in [2.05, 4.69) is 0 Å². The molecule has 2 heterocycles. The Kier molecular flexibility index (Phi) is 7.65. The lowest BCUT2D eigenvalue weighted by molar-refractivity contribution is -0.132. The van der Waals surface area contributed by atoms with Gasteiger partial charge >= 0.3 is 0 Å². The molecular weight excluding hydrogens is 514 g/mol. The van der Waals surface area contributed by atoms with Crippen LogP contribution in [0.25, 0.3) is 5.76 Å². The van der Waals surface area contributed by atoms with E-state index in [9.17, 15) is 14.7 Å². The van der Waals surface area contributed by atoms with Gasteiger partial charge in [0.25, 0.3) is 11.7 Å². The molecule has 198 valence electrons. The lowest BCUT2D eigenvalue weighted by Crippen LogP contribution is -2.29. The molecule has 0 radical (unpaired) electrons. The van der Waals surface area contributed by atoms with Crippen molar-refractivity contribution in [3.05, 3.63) is 106 Å². The first-order valence-corrected chi connectivity index (χ1v) is 13.5. The molecule has 1 atom stereocenters. The summed E-state index contributed by atoms with van der Waals surface area (Å²) in [6, 6.07) is 24.2. The number of ketones is 1.